The summed E-state index contributed by atoms with van der Waals surface area (Å²) in [5.74, 6) is -0.299. The number of fused-ring (bicyclic) bond motifs is 1. The molecule has 2 N–H and O–H groups in total. The standard InChI is InChI=1S/C19H27F3N6O/c1-6-13-8-15(19(20,21)22)28-16(24-13)9-14(26-28)18(29)23-10(3)17-11(4)25-27(7-2)12(17)5/h9-10,13,15,24H,6-8H2,1-5H3,(H,23,29)/t10-,13-,15-/m1/s1. The van der Waals surface area contributed by atoms with E-state index in [0.717, 1.165) is 21.6 Å². The molecule has 7 nitrogen and oxygen atoms in total. The van der Waals surface area contributed by atoms with Gasteiger partial charge in [0.15, 0.2) is 11.7 Å². The predicted octanol–water partition coefficient (Wildman–Crippen LogP) is 3.90. The number of aryl methyl sites for hydroxylation is 2. The molecule has 1 aliphatic rings. The summed E-state index contributed by atoms with van der Waals surface area (Å²) in [5.41, 5.74) is 2.63. The minimum atomic E-state index is -4.43. The third kappa shape index (κ3) is 3.97. The van der Waals surface area contributed by atoms with Crippen molar-refractivity contribution >= 4 is 11.7 Å². The summed E-state index contributed by atoms with van der Waals surface area (Å²) in [6.07, 6.45) is -3.99. The predicted molar refractivity (Wildman–Crippen MR) is 103 cm³/mol. The van der Waals surface area contributed by atoms with Crippen molar-refractivity contribution in [3.8, 4) is 0 Å². The molecule has 0 spiro atoms. The average Bonchev–Trinajstić information content (AvgIpc) is 3.20. The number of halogens is 3. The van der Waals surface area contributed by atoms with Crippen LogP contribution in [0.25, 0.3) is 0 Å². The van der Waals surface area contributed by atoms with E-state index >= 15 is 0 Å². The Balaban J connectivity index is 1.84. The van der Waals surface area contributed by atoms with Crippen LogP contribution < -0.4 is 10.6 Å². The number of nitrogens with one attached hydrogen (secondary N) is 2. The molecule has 0 aromatic carbocycles. The fourth-order valence-electron chi connectivity index (χ4n) is 4.02. The molecule has 29 heavy (non-hydrogen) atoms. The van der Waals surface area contributed by atoms with Gasteiger partial charge in [-0.1, -0.05) is 6.92 Å². The van der Waals surface area contributed by atoms with Crippen LogP contribution in [0.4, 0.5) is 19.0 Å². The highest BCUT2D eigenvalue weighted by Gasteiger charge is 2.46. The minimum Gasteiger partial charge on any atom is -0.367 e. The first-order chi connectivity index (χ1) is 13.6. The maximum absolute atomic E-state index is 13.5. The minimum absolute atomic E-state index is 0.0384. The number of alkyl halides is 3. The Bertz CT molecular complexity index is 901. The second-order valence-corrected chi connectivity index (χ2v) is 7.50. The maximum Gasteiger partial charge on any atom is 0.410 e. The summed E-state index contributed by atoms with van der Waals surface area (Å²) in [7, 11) is 0. The molecule has 3 heterocycles. The number of rotatable bonds is 5. The van der Waals surface area contributed by atoms with Crippen molar-refractivity contribution in [2.45, 2.75) is 78.3 Å². The molecular weight excluding hydrogens is 385 g/mol. The van der Waals surface area contributed by atoms with Crippen molar-refractivity contribution in [3.63, 3.8) is 0 Å². The van der Waals surface area contributed by atoms with Gasteiger partial charge in [0.25, 0.3) is 5.91 Å². The summed E-state index contributed by atoms with van der Waals surface area (Å²) in [6, 6.07) is -1.02. The van der Waals surface area contributed by atoms with Gasteiger partial charge in [0, 0.05) is 29.9 Å². The lowest BCUT2D eigenvalue weighted by Crippen LogP contribution is -2.39. The Hall–Kier alpha value is -2.52. The Morgan fingerprint density at radius 3 is 2.59 bits per heavy atom. The first kappa shape index (κ1) is 21.2. The zero-order valence-electron chi connectivity index (χ0n) is 17.3. The lowest BCUT2D eigenvalue weighted by Gasteiger charge is -2.32. The Labute approximate surface area is 167 Å². The molecule has 3 atom stereocenters. The Kier molecular flexibility index (Phi) is 5.64. The molecule has 160 valence electrons. The quantitative estimate of drug-likeness (QED) is 0.781. The van der Waals surface area contributed by atoms with Gasteiger partial charge in [0.1, 0.15) is 5.82 Å². The molecule has 0 aliphatic carbocycles. The average molecular weight is 412 g/mol. The van der Waals surface area contributed by atoms with E-state index in [0.29, 0.717) is 13.0 Å². The summed E-state index contributed by atoms with van der Waals surface area (Å²) >= 11 is 0. The van der Waals surface area contributed by atoms with Crippen molar-refractivity contribution < 1.29 is 18.0 Å². The van der Waals surface area contributed by atoms with Crippen LogP contribution >= 0.6 is 0 Å². The van der Waals surface area contributed by atoms with Crippen molar-refractivity contribution in [2.75, 3.05) is 5.32 Å². The van der Waals surface area contributed by atoms with E-state index in [-0.39, 0.29) is 30.0 Å². The fourth-order valence-corrected chi connectivity index (χ4v) is 4.02. The molecule has 0 unspecified atom stereocenters. The Morgan fingerprint density at radius 2 is 2.03 bits per heavy atom. The van der Waals surface area contributed by atoms with Crippen LogP contribution in [0.3, 0.4) is 0 Å². The van der Waals surface area contributed by atoms with Gasteiger partial charge in [0.2, 0.25) is 0 Å². The molecule has 1 amide bonds. The van der Waals surface area contributed by atoms with Crippen LogP contribution in [-0.4, -0.2) is 37.7 Å². The van der Waals surface area contributed by atoms with Gasteiger partial charge in [-0.2, -0.15) is 23.4 Å². The van der Waals surface area contributed by atoms with E-state index in [1.165, 1.54) is 6.07 Å². The highest BCUT2D eigenvalue weighted by atomic mass is 19.4. The van der Waals surface area contributed by atoms with E-state index in [9.17, 15) is 18.0 Å². The molecule has 10 heteroatoms. The van der Waals surface area contributed by atoms with E-state index < -0.39 is 18.1 Å². The highest BCUT2D eigenvalue weighted by molar-refractivity contribution is 5.93. The lowest BCUT2D eigenvalue weighted by molar-refractivity contribution is -0.173. The van der Waals surface area contributed by atoms with Crippen molar-refractivity contribution in [1.29, 1.82) is 0 Å². The summed E-state index contributed by atoms with van der Waals surface area (Å²) in [6.45, 7) is 10.1. The molecule has 3 rings (SSSR count). The molecule has 0 saturated carbocycles. The first-order valence-corrected chi connectivity index (χ1v) is 9.84. The maximum atomic E-state index is 13.5. The summed E-state index contributed by atoms with van der Waals surface area (Å²) in [4.78, 5) is 12.7. The van der Waals surface area contributed by atoms with Crippen molar-refractivity contribution in [2.24, 2.45) is 0 Å². The second-order valence-electron chi connectivity index (χ2n) is 7.50. The van der Waals surface area contributed by atoms with Crippen molar-refractivity contribution in [3.05, 3.63) is 28.7 Å². The fraction of sp³-hybridized carbons (Fsp3) is 0.632. The number of amides is 1. The molecule has 0 fully saturated rings. The second kappa shape index (κ2) is 7.72. The number of aromatic nitrogens is 4. The Morgan fingerprint density at radius 1 is 1.34 bits per heavy atom. The normalized spacial score (nSPS) is 20.1. The van der Waals surface area contributed by atoms with Crippen LogP contribution in [0.1, 0.15) is 73.1 Å². The van der Waals surface area contributed by atoms with E-state index in [1.807, 2.05) is 39.3 Å². The van der Waals surface area contributed by atoms with E-state index in [1.54, 1.807) is 0 Å². The number of hydrogen-bond acceptors (Lipinski definition) is 4. The van der Waals surface area contributed by atoms with E-state index in [2.05, 4.69) is 20.8 Å². The topological polar surface area (TPSA) is 76.8 Å². The van der Waals surface area contributed by atoms with Gasteiger partial charge < -0.3 is 10.6 Å². The van der Waals surface area contributed by atoms with Crippen LogP contribution in [-0.2, 0) is 6.54 Å². The molecule has 2 aromatic heterocycles. The molecule has 2 aromatic rings. The number of carbonyl (C=O) groups is 1. The van der Waals surface area contributed by atoms with Gasteiger partial charge >= 0.3 is 6.18 Å². The van der Waals surface area contributed by atoms with Gasteiger partial charge in [0.05, 0.1) is 11.7 Å². The zero-order valence-corrected chi connectivity index (χ0v) is 17.3. The molecule has 0 bridgehead atoms. The summed E-state index contributed by atoms with van der Waals surface area (Å²) in [5, 5.41) is 14.3. The number of hydrogen-bond donors (Lipinski definition) is 2. The van der Waals surface area contributed by atoms with Crippen LogP contribution in [0.15, 0.2) is 6.07 Å². The van der Waals surface area contributed by atoms with Gasteiger partial charge in [-0.05, 0) is 40.5 Å². The van der Waals surface area contributed by atoms with Crippen molar-refractivity contribution in [1.82, 2.24) is 24.9 Å². The third-order valence-electron chi connectivity index (χ3n) is 5.51. The molecule has 0 saturated heterocycles. The first-order valence-electron chi connectivity index (χ1n) is 9.84. The SMILES string of the molecule is CC[C@@H]1C[C@H](C(F)(F)F)n2nc(C(=O)N[C@H](C)c3c(C)nn(CC)c3C)cc2N1. The monoisotopic (exact) mass is 412 g/mol. The largest absolute Gasteiger partial charge is 0.410 e. The van der Waals surface area contributed by atoms with Crippen LogP contribution in [0.5, 0.6) is 0 Å². The molecule has 1 aliphatic heterocycles. The zero-order chi connectivity index (χ0) is 21.5. The third-order valence-corrected chi connectivity index (χ3v) is 5.51. The molecule has 0 radical (unpaired) electrons. The van der Waals surface area contributed by atoms with Crippen LogP contribution in [0, 0.1) is 13.8 Å². The van der Waals surface area contributed by atoms with E-state index in [4.69, 9.17) is 0 Å². The number of anilines is 1. The highest BCUT2D eigenvalue weighted by Crippen LogP contribution is 2.40. The van der Waals surface area contributed by atoms with Gasteiger partial charge in [-0.3, -0.25) is 9.48 Å². The van der Waals surface area contributed by atoms with Crippen LogP contribution in [0.2, 0.25) is 0 Å². The number of carbonyl (C=O) groups excluding carboxylic acids is 1. The summed E-state index contributed by atoms with van der Waals surface area (Å²) < 4.78 is 43.2. The molecular formula is C19H27F3N6O. The smallest absolute Gasteiger partial charge is 0.367 e. The lowest BCUT2D eigenvalue weighted by atomic mass is 10.0. The number of nitrogens with zero attached hydrogens (tertiary/aromatic N) is 4. The van der Waals surface area contributed by atoms with Gasteiger partial charge in [-0.25, -0.2) is 4.68 Å². The van der Waals surface area contributed by atoms with Gasteiger partial charge in [-0.15, -0.1) is 0 Å².